The van der Waals surface area contributed by atoms with E-state index in [9.17, 15) is 4.79 Å². The van der Waals surface area contributed by atoms with Gasteiger partial charge in [0.2, 0.25) is 5.91 Å². The molecule has 0 unspecified atom stereocenters. The molecule has 1 aromatic carbocycles. The van der Waals surface area contributed by atoms with Gasteiger partial charge in [-0.1, -0.05) is 23.7 Å². The van der Waals surface area contributed by atoms with Crippen molar-refractivity contribution in [3.05, 3.63) is 34.9 Å². The van der Waals surface area contributed by atoms with Crippen LogP contribution >= 0.6 is 11.6 Å². The Morgan fingerprint density at radius 1 is 1.58 bits per heavy atom. The Hall–Kier alpha value is -1.10. The molecule has 0 aromatic heterocycles. The standard InChI is InChI=1S/C14H20ClN3O/c1-17(8-11-3-2-4-12(15)7-11)14(19)10-18-6-5-13(16)9-18/h2-4,7,13H,5-6,8-10,16H2,1H3/t13-/m1/s1. The number of carbonyl (C=O) groups excluding carboxylic acids is 1. The maximum Gasteiger partial charge on any atom is 0.236 e. The Balaban J connectivity index is 1.85. The van der Waals surface area contributed by atoms with E-state index in [1.165, 1.54) is 0 Å². The first kappa shape index (κ1) is 14.3. The number of likely N-dealkylation sites (tertiary alicyclic amines) is 1. The first-order valence-electron chi connectivity index (χ1n) is 6.51. The molecule has 1 fully saturated rings. The smallest absolute Gasteiger partial charge is 0.236 e. The zero-order chi connectivity index (χ0) is 13.8. The van der Waals surface area contributed by atoms with Crippen LogP contribution in [-0.2, 0) is 11.3 Å². The van der Waals surface area contributed by atoms with Crippen LogP contribution in [0.5, 0.6) is 0 Å². The zero-order valence-corrected chi connectivity index (χ0v) is 11.9. The molecular formula is C14H20ClN3O. The molecule has 1 atom stereocenters. The Bertz CT molecular complexity index is 452. The molecule has 0 spiro atoms. The average molecular weight is 282 g/mol. The van der Waals surface area contributed by atoms with Gasteiger partial charge < -0.3 is 10.6 Å². The van der Waals surface area contributed by atoms with Gasteiger partial charge in [-0.05, 0) is 24.1 Å². The molecule has 5 heteroatoms. The number of hydrogen-bond donors (Lipinski definition) is 1. The fraction of sp³-hybridized carbons (Fsp3) is 0.500. The van der Waals surface area contributed by atoms with E-state index in [-0.39, 0.29) is 11.9 Å². The third kappa shape index (κ3) is 4.20. The highest BCUT2D eigenvalue weighted by Gasteiger charge is 2.22. The van der Waals surface area contributed by atoms with E-state index >= 15 is 0 Å². The highest BCUT2D eigenvalue weighted by atomic mass is 35.5. The number of rotatable bonds is 4. The summed E-state index contributed by atoms with van der Waals surface area (Å²) in [6.07, 6.45) is 0.977. The quantitative estimate of drug-likeness (QED) is 0.906. The number of amides is 1. The van der Waals surface area contributed by atoms with Crippen molar-refractivity contribution in [3.63, 3.8) is 0 Å². The number of hydrogen-bond acceptors (Lipinski definition) is 3. The summed E-state index contributed by atoms with van der Waals surface area (Å²) in [6, 6.07) is 7.80. The Morgan fingerprint density at radius 2 is 2.37 bits per heavy atom. The molecule has 1 aliphatic rings. The second-order valence-electron chi connectivity index (χ2n) is 5.16. The second kappa shape index (κ2) is 6.37. The summed E-state index contributed by atoms with van der Waals surface area (Å²) in [7, 11) is 1.82. The van der Waals surface area contributed by atoms with Crippen molar-refractivity contribution in [2.45, 2.75) is 19.0 Å². The van der Waals surface area contributed by atoms with Crippen LogP contribution in [-0.4, -0.2) is 48.4 Å². The molecule has 0 aliphatic carbocycles. The van der Waals surface area contributed by atoms with Gasteiger partial charge in [-0.3, -0.25) is 9.69 Å². The highest BCUT2D eigenvalue weighted by Crippen LogP contribution is 2.13. The number of likely N-dealkylation sites (N-methyl/N-ethyl adjacent to an activating group) is 1. The molecule has 2 rings (SSSR count). The van der Waals surface area contributed by atoms with Gasteiger partial charge in [0.1, 0.15) is 0 Å². The second-order valence-corrected chi connectivity index (χ2v) is 5.60. The predicted molar refractivity (Wildman–Crippen MR) is 77.0 cm³/mol. The van der Waals surface area contributed by atoms with E-state index in [2.05, 4.69) is 4.90 Å². The third-order valence-corrected chi connectivity index (χ3v) is 3.64. The van der Waals surface area contributed by atoms with Crippen LogP contribution in [0.4, 0.5) is 0 Å². The number of nitrogens with two attached hydrogens (primary N) is 1. The fourth-order valence-corrected chi connectivity index (χ4v) is 2.53. The lowest BCUT2D eigenvalue weighted by Gasteiger charge is -2.21. The van der Waals surface area contributed by atoms with Crippen LogP contribution in [0.15, 0.2) is 24.3 Å². The van der Waals surface area contributed by atoms with Crippen LogP contribution in [0.3, 0.4) is 0 Å². The van der Waals surface area contributed by atoms with Crippen molar-refractivity contribution in [2.75, 3.05) is 26.7 Å². The summed E-state index contributed by atoms with van der Waals surface area (Å²) in [5.74, 6) is 0.120. The summed E-state index contributed by atoms with van der Waals surface area (Å²) in [6.45, 7) is 2.76. The molecular weight excluding hydrogens is 262 g/mol. The highest BCUT2D eigenvalue weighted by molar-refractivity contribution is 6.30. The Labute approximate surface area is 119 Å². The van der Waals surface area contributed by atoms with Gasteiger partial charge in [0.25, 0.3) is 0 Å². The summed E-state index contributed by atoms with van der Waals surface area (Å²) >= 11 is 5.94. The van der Waals surface area contributed by atoms with Gasteiger partial charge >= 0.3 is 0 Å². The molecule has 1 amide bonds. The minimum Gasteiger partial charge on any atom is -0.340 e. The molecule has 0 saturated carbocycles. The van der Waals surface area contributed by atoms with Gasteiger partial charge in [0, 0.05) is 37.7 Å². The molecule has 2 N–H and O–H groups in total. The molecule has 1 heterocycles. The lowest BCUT2D eigenvalue weighted by atomic mass is 10.2. The van der Waals surface area contributed by atoms with Gasteiger partial charge in [-0.2, -0.15) is 0 Å². The minimum atomic E-state index is 0.120. The van der Waals surface area contributed by atoms with Crippen LogP contribution in [0.2, 0.25) is 5.02 Å². The van der Waals surface area contributed by atoms with E-state index in [4.69, 9.17) is 17.3 Å². The van der Waals surface area contributed by atoms with Gasteiger partial charge in [-0.25, -0.2) is 0 Å². The monoisotopic (exact) mass is 281 g/mol. The summed E-state index contributed by atoms with van der Waals surface area (Å²) in [4.78, 5) is 15.9. The van der Waals surface area contributed by atoms with Gasteiger partial charge in [0.15, 0.2) is 0 Å². The van der Waals surface area contributed by atoms with Gasteiger partial charge in [0.05, 0.1) is 6.54 Å². The largest absolute Gasteiger partial charge is 0.340 e. The summed E-state index contributed by atoms with van der Waals surface area (Å²) in [5.41, 5.74) is 6.88. The minimum absolute atomic E-state index is 0.120. The molecule has 0 bridgehead atoms. The summed E-state index contributed by atoms with van der Waals surface area (Å²) < 4.78 is 0. The van der Waals surface area contributed by atoms with Crippen LogP contribution in [0.25, 0.3) is 0 Å². The van der Waals surface area contributed by atoms with E-state index in [0.717, 1.165) is 25.1 Å². The molecule has 4 nitrogen and oxygen atoms in total. The van der Waals surface area contributed by atoms with Crippen LogP contribution < -0.4 is 5.73 Å². The number of carbonyl (C=O) groups is 1. The average Bonchev–Trinajstić information content (AvgIpc) is 2.74. The number of benzene rings is 1. The topological polar surface area (TPSA) is 49.6 Å². The van der Waals surface area contributed by atoms with Crippen molar-refractivity contribution >= 4 is 17.5 Å². The molecule has 1 aromatic rings. The molecule has 104 valence electrons. The first-order chi connectivity index (χ1) is 9.04. The molecule has 0 radical (unpaired) electrons. The first-order valence-corrected chi connectivity index (χ1v) is 6.89. The number of halogens is 1. The Morgan fingerprint density at radius 3 is 3.00 bits per heavy atom. The van der Waals surface area contributed by atoms with Crippen molar-refractivity contribution in [2.24, 2.45) is 5.73 Å². The van der Waals surface area contributed by atoms with Crippen molar-refractivity contribution in [3.8, 4) is 0 Å². The molecule has 1 saturated heterocycles. The van der Waals surface area contributed by atoms with Crippen molar-refractivity contribution < 1.29 is 4.79 Å². The molecule has 1 aliphatic heterocycles. The lowest BCUT2D eigenvalue weighted by Crippen LogP contribution is -2.38. The predicted octanol–water partition coefficient (Wildman–Crippen LogP) is 1.33. The van der Waals surface area contributed by atoms with E-state index < -0.39 is 0 Å². The van der Waals surface area contributed by atoms with Crippen molar-refractivity contribution in [1.29, 1.82) is 0 Å². The van der Waals surface area contributed by atoms with Gasteiger partial charge in [-0.15, -0.1) is 0 Å². The lowest BCUT2D eigenvalue weighted by molar-refractivity contribution is -0.131. The molecule has 19 heavy (non-hydrogen) atoms. The maximum absolute atomic E-state index is 12.1. The van der Waals surface area contributed by atoms with Crippen LogP contribution in [0.1, 0.15) is 12.0 Å². The summed E-state index contributed by atoms with van der Waals surface area (Å²) in [5, 5.41) is 0.698. The van der Waals surface area contributed by atoms with Crippen molar-refractivity contribution in [1.82, 2.24) is 9.80 Å². The fourth-order valence-electron chi connectivity index (χ4n) is 2.32. The Kier molecular flexibility index (Phi) is 4.80. The zero-order valence-electron chi connectivity index (χ0n) is 11.2. The van der Waals surface area contributed by atoms with E-state index in [0.29, 0.717) is 18.1 Å². The maximum atomic E-state index is 12.1. The third-order valence-electron chi connectivity index (χ3n) is 3.40. The normalized spacial score (nSPS) is 19.6. The van der Waals surface area contributed by atoms with E-state index in [1.54, 1.807) is 4.90 Å². The number of nitrogens with zero attached hydrogens (tertiary/aromatic N) is 2. The van der Waals surface area contributed by atoms with E-state index in [1.807, 2.05) is 31.3 Å². The van der Waals surface area contributed by atoms with Crippen LogP contribution in [0, 0.1) is 0 Å². The SMILES string of the molecule is CN(Cc1cccc(Cl)c1)C(=O)CN1CC[C@@H](N)C1.